The van der Waals surface area contributed by atoms with Gasteiger partial charge in [0.25, 0.3) is 0 Å². The van der Waals surface area contributed by atoms with Crippen LogP contribution in [0.5, 0.6) is 0 Å². The van der Waals surface area contributed by atoms with Gasteiger partial charge in [-0.05, 0) is 98.7 Å². The highest BCUT2D eigenvalue weighted by Gasteiger charge is 2.74. The monoisotopic (exact) mass is 1350 g/mol. The molecule has 0 amide bonds. The van der Waals surface area contributed by atoms with Crippen LogP contribution < -0.4 is 0 Å². The van der Waals surface area contributed by atoms with E-state index in [-0.39, 0.29) is 30.6 Å². The molecule has 11 aliphatic rings. The first-order valence-electron chi connectivity index (χ1n) is 33.1. The summed E-state index contributed by atoms with van der Waals surface area (Å²) in [5.41, 5.74) is -6.39. The lowest BCUT2D eigenvalue weighted by Gasteiger charge is -2.72. The van der Waals surface area contributed by atoms with Crippen LogP contribution >= 0.6 is 0 Å². The van der Waals surface area contributed by atoms with Crippen LogP contribution in [0.15, 0.2) is 11.6 Å². The second kappa shape index (κ2) is 26.8. The number of aliphatic hydroxyl groups excluding tert-OH is 17. The summed E-state index contributed by atoms with van der Waals surface area (Å²) in [5.74, 6) is -2.09. The van der Waals surface area contributed by atoms with Crippen molar-refractivity contribution in [2.45, 2.75) is 284 Å². The van der Waals surface area contributed by atoms with Crippen molar-refractivity contribution in [1.29, 1.82) is 0 Å². The molecule has 5 aliphatic carbocycles. The maximum atomic E-state index is 15.7. The molecule has 6 saturated heterocycles. The zero-order chi connectivity index (χ0) is 68.6. The van der Waals surface area contributed by atoms with Crippen molar-refractivity contribution in [3.05, 3.63) is 11.6 Å². The maximum absolute atomic E-state index is 15.7. The fourth-order valence-corrected chi connectivity index (χ4v) is 18.9. The molecule has 0 spiro atoms. The van der Waals surface area contributed by atoms with Crippen LogP contribution in [0.1, 0.15) is 107 Å². The van der Waals surface area contributed by atoms with Gasteiger partial charge in [0.2, 0.25) is 6.29 Å². The van der Waals surface area contributed by atoms with Crippen molar-refractivity contribution in [3.63, 3.8) is 0 Å². The summed E-state index contributed by atoms with van der Waals surface area (Å²) in [6.45, 7) is 11.1. The van der Waals surface area contributed by atoms with Crippen molar-refractivity contribution in [2.24, 2.45) is 50.2 Å². The minimum Gasteiger partial charge on any atom is -0.432 e. The molecule has 6 unspecified atom stereocenters. The van der Waals surface area contributed by atoms with Crippen molar-refractivity contribution in [1.82, 2.24) is 0 Å². The van der Waals surface area contributed by atoms with E-state index >= 15 is 4.79 Å². The SMILES string of the molecule is C[C@@H]1O[C@@H](O[C@@H]2[C@@H](O)[C@@H](O[C@@H]3[C@@H](O[C@@H]4OCC(O)(CO)[C@H]4O)[C@@H](O)[C@H](O[C@H]4C(OC(=O)[C@]56CCC(C)(C)CC5C5=CCC7[C@@]8(C)C[C@@H](O)[C@@H](O[C@@H]9O[C@H](CO)[C@@H](O)[C@H](O)[C@H]9O)[C@@](C)(CO)C8C(O)C[C@@]7(C)[C@]5(C)CC6)OC[C@H](O)[C@@H]4O)O[C@H]3C)OC[C@H]2O)[C@H](O)[C@H](O)[C@H]1O. The van der Waals surface area contributed by atoms with E-state index in [1.54, 1.807) is 6.92 Å². The van der Waals surface area contributed by atoms with E-state index in [1.165, 1.54) is 13.8 Å². The van der Waals surface area contributed by atoms with Crippen LogP contribution in [0.4, 0.5) is 0 Å². The van der Waals surface area contributed by atoms with Crippen LogP contribution in [-0.2, 0) is 61.6 Å². The van der Waals surface area contributed by atoms with E-state index in [0.717, 1.165) is 5.57 Å². The van der Waals surface area contributed by atoms with Crippen molar-refractivity contribution < 1.29 is 154 Å². The Bertz CT molecular complexity index is 2680. The number of aliphatic hydroxyl groups is 18. The molecule has 10 fully saturated rings. The number of carbonyl (C=O) groups is 1. The lowest BCUT2D eigenvalue weighted by atomic mass is 9.33. The molecule has 0 aromatic carbocycles. The standard InChI is InChI=1S/C63H102O31/c1-24-34(71)37(74)39(76)51(86-24)90-44-31(70)20-83-50(41(44)78)89-43-25(2)87-53(42(79)45(43)91-55-48(80)63(82,22-66)23-85-55)92-46-35(72)30(69)19-84-54(46)94-56(81)62-13-11-57(3,4)15-27(62)26-9-10-33-58(5)16-29(68)49(93-52-40(77)38(75)36(73)32(18-64)88-52)59(6,21-65)47(58)28(67)17-61(33,8)60(26,7)12-14-62/h9,24-25,27-55,64-80,82H,10-23H2,1-8H3/t24-,25-,27?,28?,29+,30-,31+,32+,33?,34-,35-,36+,37+,38-,39+,40+,41+,42+,43-,44-,45-,46+,47?,48-,49+,50+,51-,52-,53-,54?,55-,58+,59-,60+,61+,62-,63?/m0/s1. The van der Waals surface area contributed by atoms with Crippen LogP contribution in [-0.4, -0.2) is 315 Å². The van der Waals surface area contributed by atoms with Crippen molar-refractivity contribution in [3.8, 4) is 0 Å². The molecule has 6 aliphatic heterocycles. The molecule has 6 heterocycles. The van der Waals surface area contributed by atoms with Crippen LogP contribution in [0.25, 0.3) is 0 Å². The lowest BCUT2D eigenvalue weighted by Crippen LogP contribution is -2.72. The second-order valence-electron chi connectivity index (χ2n) is 30.8. The third-order valence-corrected chi connectivity index (χ3v) is 24.5. The third kappa shape index (κ3) is 12.1. The van der Waals surface area contributed by atoms with E-state index in [9.17, 15) is 91.9 Å². The Balaban J connectivity index is 0.838. The molecule has 0 bridgehead atoms. The first-order valence-corrected chi connectivity index (χ1v) is 33.1. The van der Waals surface area contributed by atoms with E-state index in [1.807, 2.05) is 6.92 Å². The molecule has 0 aromatic rings. The van der Waals surface area contributed by atoms with E-state index in [4.69, 9.17) is 56.8 Å². The van der Waals surface area contributed by atoms with Gasteiger partial charge in [-0.25, -0.2) is 0 Å². The smallest absolute Gasteiger partial charge is 0.315 e. The Morgan fingerprint density at radius 2 is 1.12 bits per heavy atom. The first-order chi connectivity index (χ1) is 44.0. The molecule has 31 heteroatoms. The quantitative estimate of drug-likeness (QED) is 0.0413. The lowest BCUT2D eigenvalue weighted by molar-refractivity contribution is -0.387. The zero-order valence-corrected chi connectivity index (χ0v) is 54.2. The molecule has 37 atom stereocenters. The molecule has 0 radical (unpaired) electrons. The van der Waals surface area contributed by atoms with Gasteiger partial charge >= 0.3 is 5.97 Å². The topological polar surface area (TPSA) is 492 Å². The largest absolute Gasteiger partial charge is 0.432 e. The number of fused-ring (bicyclic) bond motifs is 7. The van der Waals surface area contributed by atoms with Gasteiger partial charge in [0.1, 0.15) is 103 Å². The van der Waals surface area contributed by atoms with Crippen LogP contribution in [0, 0.1) is 50.2 Å². The predicted octanol–water partition coefficient (Wildman–Crippen LogP) is -5.50. The third-order valence-electron chi connectivity index (χ3n) is 24.5. The average molecular weight is 1360 g/mol. The number of hydrogen-bond acceptors (Lipinski definition) is 31. The van der Waals surface area contributed by atoms with Crippen molar-refractivity contribution >= 4 is 5.97 Å². The van der Waals surface area contributed by atoms with E-state index in [0.29, 0.717) is 32.1 Å². The fraction of sp³-hybridized carbons (Fsp3) is 0.952. The highest BCUT2D eigenvalue weighted by atomic mass is 16.8. The number of ether oxygens (including phenoxy) is 12. The number of allylic oxidation sites excluding steroid dienone is 2. The van der Waals surface area contributed by atoms with Gasteiger partial charge in [-0.1, -0.05) is 53.2 Å². The van der Waals surface area contributed by atoms with Gasteiger partial charge in [0, 0.05) is 11.3 Å². The summed E-state index contributed by atoms with van der Waals surface area (Å²) in [6.07, 6.45) is -40.9. The normalized spacial score (nSPS) is 55.9. The zero-order valence-electron chi connectivity index (χ0n) is 54.2. The molecule has 18 N–H and O–H groups in total. The average Bonchev–Trinajstić information content (AvgIpc) is 0.723. The number of esters is 1. The fourth-order valence-electron chi connectivity index (χ4n) is 18.9. The number of carbonyl (C=O) groups excluding carboxylic acids is 1. The first kappa shape index (κ1) is 73.3. The summed E-state index contributed by atoms with van der Waals surface area (Å²) in [6, 6.07) is 0. The van der Waals surface area contributed by atoms with Gasteiger partial charge in [-0.3, -0.25) is 4.79 Å². The van der Waals surface area contributed by atoms with Gasteiger partial charge < -0.3 is 149 Å². The van der Waals surface area contributed by atoms with Gasteiger partial charge in [0.15, 0.2) is 37.6 Å². The minimum absolute atomic E-state index is 0.0766. The second-order valence-corrected chi connectivity index (χ2v) is 30.8. The van der Waals surface area contributed by atoms with E-state index < -0.39 is 262 Å². The Labute approximate surface area is 543 Å². The van der Waals surface area contributed by atoms with E-state index in [2.05, 4.69) is 33.8 Å². The Morgan fingerprint density at radius 3 is 1.78 bits per heavy atom. The van der Waals surface area contributed by atoms with Crippen LogP contribution in [0.2, 0.25) is 0 Å². The highest BCUT2D eigenvalue weighted by Crippen LogP contribution is 2.76. The molecule has 540 valence electrons. The van der Waals surface area contributed by atoms with Gasteiger partial charge in [-0.2, -0.15) is 0 Å². The minimum atomic E-state index is -2.24. The summed E-state index contributed by atoms with van der Waals surface area (Å²) in [7, 11) is 0. The molecule has 4 saturated carbocycles. The molecule has 94 heavy (non-hydrogen) atoms. The highest BCUT2D eigenvalue weighted by molar-refractivity contribution is 5.79. The summed E-state index contributed by atoms with van der Waals surface area (Å²) >= 11 is 0. The Kier molecular flexibility index (Phi) is 20.9. The molecule has 31 nitrogen and oxygen atoms in total. The van der Waals surface area contributed by atoms with Gasteiger partial charge in [0.05, 0.1) is 75.6 Å². The number of hydrogen-bond donors (Lipinski definition) is 18. The number of rotatable bonds is 15. The molecule has 0 aromatic heterocycles. The summed E-state index contributed by atoms with van der Waals surface area (Å²) < 4.78 is 72.0. The van der Waals surface area contributed by atoms with Crippen LogP contribution in [0.3, 0.4) is 0 Å². The predicted molar refractivity (Wildman–Crippen MR) is 311 cm³/mol. The Hall–Kier alpha value is -1.95. The molecule has 11 rings (SSSR count). The molecular formula is C63H102O31. The van der Waals surface area contributed by atoms with Crippen molar-refractivity contribution in [2.75, 3.05) is 39.6 Å². The maximum Gasteiger partial charge on any atom is 0.315 e. The van der Waals surface area contributed by atoms with Gasteiger partial charge in [-0.15, -0.1) is 0 Å². The Morgan fingerprint density at radius 1 is 0.532 bits per heavy atom. The summed E-state index contributed by atoms with van der Waals surface area (Å²) in [5, 5.41) is 200. The molecular weight excluding hydrogens is 1250 g/mol. The summed E-state index contributed by atoms with van der Waals surface area (Å²) in [4.78, 5) is 15.7.